The summed E-state index contributed by atoms with van der Waals surface area (Å²) in [5.41, 5.74) is 3.41. The van der Waals surface area contributed by atoms with E-state index in [1.807, 2.05) is 24.3 Å². The Bertz CT molecular complexity index is 836. The van der Waals surface area contributed by atoms with Crippen LogP contribution in [0.1, 0.15) is 5.56 Å². The van der Waals surface area contributed by atoms with E-state index in [1.165, 1.54) is 0 Å². The summed E-state index contributed by atoms with van der Waals surface area (Å²) in [7, 11) is 1.60. The highest BCUT2D eigenvalue weighted by Gasteiger charge is 2.04. The van der Waals surface area contributed by atoms with E-state index in [2.05, 4.69) is 20.6 Å². The number of nitrogens with one attached hydrogen (secondary N) is 2. The Labute approximate surface area is 145 Å². The molecule has 0 spiro atoms. The topological polar surface area (TPSA) is 76.1 Å². The molecule has 126 valence electrons. The lowest BCUT2D eigenvalue weighted by atomic mass is 10.1. The van der Waals surface area contributed by atoms with Gasteiger partial charge in [0.25, 0.3) is 0 Å². The number of anilines is 1. The lowest BCUT2D eigenvalue weighted by Crippen LogP contribution is -2.28. The largest absolute Gasteiger partial charge is 0.497 e. The molecule has 0 aliphatic carbocycles. The molecule has 0 aliphatic rings. The van der Waals surface area contributed by atoms with Gasteiger partial charge in [0.05, 0.1) is 12.8 Å². The second-order valence-corrected chi connectivity index (χ2v) is 5.33. The summed E-state index contributed by atoms with van der Waals surface area (Å²) in [6.07, 6.45) is 5.20. The fourth-order valence-corrected chi connectivity index (χ4v) is 2.29. The van der Waals surface area contributed by atoms with E-state index in [9.17, 15) is 4.79 Å². The van der Waals surface area contributed by atoms with Crippen molar-refractivity contribution >= 4 is 11.7 Å². The Kier molecular flexibility index (Phi) is 5.21. The monoisotopic (exact) mass is 334 g/mol. The molecule has 0 unspecified atom stereocenters. The third-order valence-electron chi connectivity index (χ3n) is 3.58. The van der Waals surface area contributed by atoms with Gasteiger partial charge in [0.1, 0.15) is 5.75 Å². The zero-order valence-electron chi connectivity index (χ0n) is 13.8. The molecule has 0 saturated carbocycles. The van der Waals surface area contributed by atoms with Gasteiger partial charge in [-0.05, 0) is 54.1 Å². The molecule has 0 fully saturated rings. The number of rotatable bonds is 5. The van der Waals surface area contributed by atoms with Crippen molar-refractivity contribution in [1.29, 1.82) is 0 Å². The molecule has 3 aromatic rings. The molecule has 1 aromatic carbocycles. The van der Waals surface area contributed by atoms with Gasteiger partial charge in [0, 0.05) is 36.4 Å². The summed E-state index contributed by atoms with van der Waals surface area (Å²) < 4.78 is 5.09. The van der Waals surface area contributed by atoms with E-state index in [0.29, 0.717) is 12.2 Å². The van der Waals surface area contributed by atoms with Crippen LogP contribution in [0, 0.1) is 0 Å². The number of carbonyl (C=O) groups excluding carboxylic acids is 1. The summed E-state index contributed by atoms with van der Waals surface area (Å²) >= 11 is 0. The first kappa shape index (κ1) is 16.4. The van der Waals surface area contributed by atoms with Crippen LogP contribution >= 0.6 is 0 Å². The van der Waals surface area contributed by atoms with Gasteiger partial charge < -0.3 is 15.4 Å². The highest BCUT2D eigenvalue weighted by atomic mass is 16.5. The van der Waals surface area contributed by atoms with Crippen molar-refractivity contribution in [3.63, 3.8) is 0 Å². The molecule has 6 nitrogen and oxygen atoms in total. The van der Waals surface area contributed by atoms with E-state index >= 15 is 0 Å². The van der Waals surface area contributed by atoms with Crippen LogP contribution < -0.4 is 15.4 Å². The van der Waals surface area contributed by atoms with Crippen LogP contribution in [0.3, 0.4) is 0 Å². The van der Waals surface area contributed by atoms with Gasteiger partial charge >= 0.3 is 6.03 Å². The van der Waals surface area contributed by atoms with Crippen molar-refractivity contribution in [2.45, 2.75) is 6.54 Å². The molecule has 0 aliphatic heterocycles. The second-order valence-electron chi connectivity index (χ2n) is 5.33. The smallest absolute Gasteiger partial charge is 0.319 e. The maximum absolute atomic E-state index is 12.0. The van der Waals surface area contributed by atoms with Crippen LogP contribution in [0.25, 0.3) is 11.3 Å². The average molecular weight is 334 g/mol. The summed E-state index contributed by atoms with van der Waals surface area (Å²) in [5, 5.41) is 5.61. The Morgan fingerprint density at radius 3 is 2.68 bits per heavy atom. The fraction of sp³-hybridized carbons (Fsp3) is 0.105. The third-order valence-corrected chi connectivity index (χ3v) is 3.58. The molecule has 2 aromatic heterocycles. The van der Waals surface area contributed by atoms with Crippen LogP contribution in [-0.4, -0.2) is 23.1 Å². The molecular formula is C19H18N4O2. The van der Waals surface area contributed by atoms with E-state index < -0.39 is 0 Å². The number of carbonyl (C=O) groups is 1. The van der Waals surface area contributed by atoms with Gasteiger partial charge in [-0.1, -0.05) is 0 Å². The number of ether oxygens (including phenoxy) is 1. The van der Waals surface area contributed by atoms with E-state index in [0.717, 1.165) is 22.6 Å². The van der Waals surface area contributed by atoms with Crippen LogP contribution in [0.5, 0.6) is 5.75 Å². The standard InChI is InChI=1S/C19H18N4O2/c1-25-17-6-4-16(5-7-17)23-19(24)22-12-14-8-10-21-18(11-14)15-3-2-9-20-13-15/h2-11,13H,12H2,1H3,(H2,22,23,24). The summed E-state index contributed by atoms with van der Waals surface area (Å²) in [6.45, 7) is 0.401. The van der Waals surface area contributed by atoms with Gasteiger partial charge in [0.15, 0.2) is 0 Å². The minimum atomic E-state index is -0.273. The Hall–Kier alpha value is -3.41. The molecule has 2 N–H and O–H groups in total. The Balaban J connectivity index is 1.58. The molecule has 2 heterocycles. The van der Waals surface area contributed by atoms with Crippen LogP contribution in [0.4, 0.5) is 10.5 Å². The third kappa shape index (κ3) is 4.54. The number of pyridine rings is 2. The highest BCUT2D eigenvalue weighted by Crippen LogP contribution is 2.17. The number of hydrogen-bond donors (Lipinski definition) is 2. The maximum Gasteiger partial charge on any atom is 0.319 e. The molecule has 3 rings (SSSR count). The lowest BCUT2D eigenvalue weighted by molar-refractivity contribution is 0.251. The van der Waals surface area contributed by atoms with Crippen molar-refractivity contribution in [2.24, 2.45) is 0 Å². The molecule has 0 atom stereocenters. The first-order valence-electron chi connectivity index (χ1n) is 7.79. The van der Waals surface area contributed by atoms with Crippen LogP contribution in [0.2, 0.25) is 0 Å². The number of aromatic nitrogens is 2. The zero-order valence-corrected chi connectivity index (χ0v) is 13.8. The second kappa shape index (κ2) is 7.92. The van der Waals surface area contributed by atoms with Crippen molar-refractivity contribution in [1.82, 2.24) is 15.3 Å². The number of hydrogen-bond acceptors (Lipinski definition) is 4. The summed E-state index contributed by atoms with van der Waals surface area (Å²) in [6, 6.07) is 14.5. The van der Waals surface area contributed by atoms with Crippen molar-refractivity contribution in [2.75, 3.05) is 12.4 Å². The van der Waals surface area contributed by atoms with Crippen LogP contribution in [-0.2, 0) is 6.54 Å². The Morgan fingerprint density at radius 2 is 1.96 bits per heavy atom. The van der Waals surface area contributed by atoms with Crippen molar-refractivity contribution < 1.29 is 9.53 Å². The Morgan fingerprint density at radius 1 is 1.12 bits per heavy atom. The van der Waals surface area contributed by atoms with Gasteiger partial charge in [0.2, 0.25) is 0 Å². The van der Waals surface area contributed by atoms with Gasteiger partial charge in [-0.3, -0.25) is 9.97 Å². The number of benzene rings is 1. The van der Waals surface area contributed by atoms with Gasteiger partial charge in [-0.15, -0.1) is 0 Å². The average Bonchev–Trinajstić information content (AvgIpc) is 2.68. The summed E-state index contributed by atoms with van der Waals surface area (Å²) in [4.78, 5) is 20.5. The summed E-state index contributed by atoms with van der Waals surface area (Å²) in [5.74, 6) is 0.741. The van der Waals surface area contributed by atoms with E-state index in [4.69, 9.17) is 4.74 Å². The van der Waals surface area contributed by atoms with Gasteiger partial charge in [-0.25, -0.2) is 4.79 Å². The number of nitrogens with zero attached hydrogens (tertiary/aromatic N) is 2. The zero-order chi connectivity index (χ0) is 17.5. The molecule has 0 radical (unpaired) electrons. The SMILES string of the molecule is COc1ccc(NC(=O)NCc2ccnc(-c3cccnc3)c2)cc1. The number of methoxy groups -OCH3 is 1. The molecule has 2 amide bonds. The quantitative estimate of drug-likeness (QED) is 0.749. The van der Waals surface area contributed by atoms with E-state index in [1.54, 1.807) is 50.0 Å². The highest BCUT2D eigenvalue weighted by molar-refractivity contribution is 5.89. The van der Waals surface area contributed by atoms with Crippen molar-refractivity contribution in [3.05, 3.63) is 72.7 Å². The molecule has 25 heavy (non-hydrogen) atoms. The van der Waals surface area contributed by atoms with E-state index in [-0.39, 0.29) is 6.03 Å². The number of amides is 2. The minimum absolute atomic E-state index is 0.273. The molecule has 6 heteroatoms. The first-order chi connectivity index (χ1) is 12.2. The minimum Gasteiger partial charge on any atom is -0.497 e. The van der Waals surface area contributed by atoms with Crippen molar-refractivity contribution in [3.8, 4) is 17.0 Å². The number of urea groups is 1. The fourth-order valence-electron chi connectivity index (χ4n) is 2.29. The maximum atomic E-state index is 12.0. The van der Waals surface area contributed by atoms with Gasteiger partial charge in [-0.2, -0.15) is 0 Å². The normalized spacial score (nSPS) is 10.1. The van der Waals surface area contributed by atoms with Crippen LogP contribution in [0.15, 0.2) is 67.1 Å². The first-order valence-corrected chi connectivity index (χ1v) is 7.79. The molecular weight excluding hydrogens is 316 g/mol. The predicted molar refractivity (Wildman–Crippen MR) is 96.3 cm³/mol. The molecule has 0 saturated heterocycles. The molecule has 0 bridgehead atoms. The predicted octanol–water partition coefficient (Wildman–Crippen LogP) is 3.47. The lowest BCUT2D eigenvalue weighted by Gasteiger charge is -2.09.